The molecule has 2 amide bonds. The highest BCUT2D eigenvalue weighted by Crippen LogP contribution is 2.42. The lowest BCUT2D eigenvalue weighted by atomic mass is 9.89. The number of aliphatic hydroxyl groups excluding tert-OH is 1. The molecule has 248 valence electrons. The monoisotopic (exact) mass is 644 g/mol. The highest BCUT2D eigenvalue weighted by Gasteiger charge is 2.39. The van der Waals surface area contributed by atoms with E-state index in [1.807, 2.05) is 36.4 Å². The molecule has 0 unspecified atom stereocenters. The van der Waals surface area contributed by atoms with Gasteiger partial charge in [0.15, 0.2) is 6.29 Å². The minimum atomic E-state index is -0.536. The number of imide groups is 1. The number of ether oxygens (including phenoxy) is 2. The Morgan fingerprint density at radius 1 is 0.688 bits per heavy atom. The van der Waals surface area contributed by atoms with Crippen LogP contribution >= 0.6 is 0 Å². The van der Waals surface area contributed by atoms with Crippen molar-refractivity contribution in [2.75, 3.05) is 19.6 Å². The average Bonchev–Trinajstić information content (AvgIpc) is 3.35. The summed E-state index contributed by atoms with van der Waals surface area (Å²) in [4.78, 5) is 30.1. The Labute approximate surface area is 283 Å². The van der Waals surface area contributed by atoms with E-state index in [4.69, 9.17) is 9.47 Å². The predicted octanol–water partition coefficient (Wildman–Crippen LogP) is 7.70. The number of hydrogen-bond acceptors (Lipinski definition) is 6. The van der Waals surface area contributed by atoms with E-state index in [1.54, 1.807) is 24.3 Å². The van der Waals surface area contributed by atoms with Gasteiger partial charge in [-0.25, -0.2) is 0 Å². The molecule has 0 bridgehead atoms. The van der Waals surface area contributed by atoms with Crippen molar-refractivity contribution >= 4 is 11.8 Å². The van der Waals surface area contributed by atoms with Gasteiger partial charge >= 0.3 is 0 Å². The fourth-order valence-electron chi connectivity index (χ4n) is 7.39. The number of carbonyl (C=O) groups is 2. The van der Waals surface area contributed by atoms with E-state index < -0.39 is 6.29 Å². The Bertz CT molecular complexity index is 1690. The van der Waals surface area contributed by atoms with Crippen LogP contribution in [0.3, 0.4) is 0 Å². The molecule has 4 atom stereocenters. The first-order valence-electron chi connectivity index (χ1n) is 17.4. The van der Waals surface area contributed by atoms with E-state index in [9.17, 15) is 14.7 Å². The molecule has 7 nitrogen and oxygen atoms in total. The summed E-state index contributed by atoms with van der Waals surface area (Å²) in [5.41, 5.74) is 6.68. The quantitative estimate of drug-likeness (QED) is 0.198. The van der Waals surface area contributed by atoms with Gasteiger partial charge in [0.1, 0.15) is 0 Å². The lowest BCUT2D eigenvalue weighted by Crippen LogP contribution is -2.45. The van der Waals surface area contributed by atoms with Crippen molar-refractivity contribution in [3.05, 3.63) is 130 Å². The first-order valence-corrected chi connectivity index (χ1v) is 17.4. The Morgan fingerprint density at radius 2 is 1.27 bits per heavy atom. The summed E-state index contributed by atoms with van der Waals surface area (Å²) in [5.74, 6) is -0.375. The van der Waals surface area contributed by atoms with Crippen LogP contribution < -0.4 is 0 Å². The second kappa shape index (κ2) is 14.5. The third-order valence-corrected chi connectivity index (χ3v) is 10.2. The molecule has 4 aromatic rings. The van der Waals surface area contributed by atoms with Gasteiger partial charge in [0.25, 0.3) is 11.8 Å². The van der Waals surface area contributed by atoms with E-state index in [-0.39, 0.29) is 43.1 Å². The first kappa shape index (κ1) is 32.4. The van der Waals surface area contributed by atoms with Crippen molar-refractivity contribution in [2.45, 2.75) is 70.7 Å². The van der Waals surface area contributed by atoms with E-state index in [2.05, 4.69) is 48.2 Å². The number of carbonyl (C=O) groups excluding carboxylic acids is 2. The molecule has 7 rings (SSSR count). The molecular formula is C41H44N2O5. The molecule has 0 aliphatic carbocycles. The molecular weight excluding hydrogens is 600 g/mol. The summed E-state index contributed by atoms with van der Waals surface area (Å²) in [5, 5.41) is 9.61. The first-order chi connectivity index (χ1) is 23.5. The molecule has 3 heterocycles. The number of fused-ring (bicyclic) bond motifs is 1. The van der Waals surface area contributed by atoms with Crippen LogP contribution in [0.25, 0.3) is 11.1 Å². The average molecular weight is 645 g/mol. The maximum absolute atomic E-state index is 13.1. The van der Waals surface area contributed by atoms with Crippen LogP contribution in [-0.2, 0) is 22.6 Å². The van der Waals surface area contributed by atoms with E-state index in [0.717, 1.165) is 53.0 Å². The molecule has 3 aliphatic rings. The molecule has 3 aliphatic heterocycles. The zero-order valence-corrected chi connectivity index (χ0v) is 27.6. The van der Waals surface area contributed by atoms with Gasteiger partial charge in [-0.1, -0.05) is 111 Å². The Balaban J connectivity index is 1.13. The van der Waals surface area contributed by atoms with Gasteiger partial charge in [0.05, 0.1) is 36.5 Å². The second-order valence-electron chi connectivity index (χ2n) is 13.4. The van der Waals surface area contributed by atoms with E-state index >= 15 is 0 Å². The minimum absolute atomic E-state index is 0.00856. The molecule has 0 aromatic heterocycles. The van der Waals surface area contributed by atoms with Crippen LogP contribution in [0.2, 0.25) is 0 Å². The Hall–Kier alpha value is -4.14. The van der Waals surface area contributed by atoms with Gasteiger partial charge in [-0.3, -0.25) is 14.5 Å². The summed E-state index contributed by atoms with van der Waals surface area (Å²) in [6.07, 6.45) is 5.66. The number of amides is 2. The number of nitrogens with zero attached hydrogens (tertiary/aromatic N) is 2. The Kier molecular flexibility index (Phi) is 9.82. The number of aliphatic hydroxyl groups is 1. The molecule has 7 heteroatoms. The number of rotatable bonds is 8. The number of benzene rings is 4. The van der Waals surface area contributed by atoms with Crippen molar-refractivity contribution in [2.24, 2.45) is 5.92 Å². The highest BCUT2D eigenvalue weighted by atomic mass is 16.7. The van der Waals surface area contributed by atoms with Crippen molar-refractivity contribution in [1.82, 2.24) is 9.80 Å². The Morgan fingerprint density at radius 3 is 1.92 bits per heavy atom. The third-order valence-electron chi connectivity index (χ3n) is 10.2. The van der Waals surface area contributed by atoms with Crippen molar-refractivity contribution in [3.63, 3.8) is 0 Å². The van der Waals surface area contributed by atoms with Crippen LogP contribution in [0.1, 0.15) is 94.4 Å². The SMILES string of the molecule is C[C@@H]1[C@H](CN2CCCCCCC2)O[C@H](c2ccc(-c3ccccc3CN3C(=O)c4ccccc4C3=O)cc2)O[C@@H]1c1ccc(CO)cc1. The van der Waals surface area contributed by atoms with Gasteiger partial charge < -0.3 is 19.5 Å². The molecule has 0 spiro atoms. The van der Waals surface area contributed by atoms with Crippen LogP contribution in [0.5, 0.6) is 0 Å². The van der Waals surface area contributed by atoms with Crippen molar-refractivity contribution < 1.29 is 24.2 Å². The largest absolute Gasteiger partial charge is 0.392 e. The molecule has 2 saturated heterocycles. The molecule has 1 N–H and O–H groups in total. The second-order valence-corrected chi connectivity index (χ2v) is 13.4. The highest BCUT2D eigenvalue weighted by molar-refractivity contribution is 6.21. The van der Waals surface area contributed by atoms with Crippen molar-refractivity contribution in [1.29, 1.82) is 0 Å². The van der Waals surface area contributed by atoms with Gasteiger partial charge in [0, 0.05) is 18.0 Å². The standard InChI is InChI=1S/C41H44N2O5/c1-28-37(26-42-23-9-3-2-4-10-24-42)47-41(48-38(28)31-17-15-29(27-44)16-18-31)32-21-19-30(20-22-32)34-12-6-5-11-33(34)25-43-39(45)35-13-7-8-14-36(35)40(43)46/h5-8,11-22,28,37-38,41,44H,2-4,9-10,23-27H2,1H3/t28-,37+,38+,41+/m1/s1. The maximum atomic E-state index is 13.1. The fourth-order valence-corrected chi connectivity index (χ4v) is 7.39. The van der Waals surface area contributed by atoms with Crippen molar-refractivity contribution in [3.8, 4) is 11.1 Å². The summed E-state index contributed by atoms with van der Waals surface area (Å²) >= 11 is 0. The summed E-state index contributed by atoms with van der Waals surface area (Å²) < 4.78 is 13.5. The molecule has 2 fully saturated rings. The zero-order valence-electron chi connectivity index (χ0n) is 27.6. The fraction of sp³-hybridized carbons (Fsp3) is 0.366. The van der Waals surface area contributed by atoms with Gasteiger partial charge in [-0.2, -0.15) is 0 Å². The molecule has 0 saturated carbocycles. The molecule has 48 heavy (non-hydrogen) atoms. The minimum Gasteiger partial charge on any atom is -0.392 e. The van der Waals surface area contributed by atoms with Crippen LogP contribution in [0, 0.1) is 5.92 Å². The number of likely N-dealkylation sites (tertiary alicyclic amines) is 1. The molecule has 0 radical (unpaired) electrons. The lowest BCUT2D eigenvalue weighted by molar-refractivity contribution is -0.276. The van der Waals surface area contributed by atoms with E-state index in [0.29, 0.717) is 11.1 Å². The van der Waals surface area contributed by atoms with Gasteiger partial charge in [-0.05, 0) is 65.9 Å². The molecule has 4 aromatic carbocycles. The topological polar surface area (TPSA) is 79.3 Å². The van der Waals surface area contributed by atoms with Gasteiger partial charge in [-0.15, -0.1) is 0 Å². The van der Waals surface area contributed by atoms with E-state index in [1.165, 1.54) is 37.0 Å². The smallest absolute Gasteiger partial charge is 0.261 e. The maximum Gasteiger partial charge on any atom is 0.261 e. The zero-order chi connectivity index (χ0) is 33.0. The lowest BCUT2D eigenvalue weighted by Gasteiger charge is -2.43. The van der Waals surface area contributed by atoms with Gasteiger partial charge in [0.2, 0.25) is 0 Å². The normalized spacial score (nSPS) is 23.5. The third kappa shape index (κ3) is 6.74. The number of hydrogen-bond donors (Lipinski definition) is 1. The summed E-state index contributed by atoms with van der Waals surface area (Å²) in [6, 6.07) is 31.3. The van der Waals surface area contributed by atoms with Crippen LogP contribution in [0.4, 0.5) is 0 Å². The van der Waals surface area contributed by atoms with Crippen LogP contribution in [-0.4, -0.2) is 52.5 Å². The summed E-state index contributed by atoms with van der Waals surface area (Å²) in [6.45, 7) is 5.51. The predicted molar refractivity (Wildman–Crippen MR) is 185 cm³/mol. The summed E-state index contributed by atoms with van der Waals surface area (Å²) in [7, 11) is 0. The van der Waals surface area contributed by atoms with Crippen LogP contribution in [0.15, 0.2) is 97.1 Å².